The molecule has 114 valence electrons. The minimum Gasteiger partial charge on any atom is -0.507 e. The first-order valence-corrected chi connectivity index (χ1v) is 7.89. The maximum Gasteiger partial charge on any atom is 0.282 e. The Bertz CT molecular complexity index is 870. The van der Waals surface area contributed by atoms with Crippen LogP contribution in [0.5, 0.6) is 5.75 Å². The first-order valence-electron chi connectivity index (χ1n) is 6.95. The predicted molar refractivity (Wildman–Crippen MR) is 92.9 cm³/mol. The second-order valence-electron chi connectivity index (χ2n) is 4.88. The third kappa shape index (κ3) is 3.14. The molecule has 0 aliphatic rings. The van der Waals surface area contributed by atoms with Crippen LogP contribution in [0.1, 0.15) is 15.9 Å². The summed E-state index contributed by atoms with van der Waals surface area (Å²) in [6.45, 7) is 0. The molecule has 4 nitrogen and oxygen atoms in total. The van der Waals surface area contributed by atoms with Gasteiger partial charge in [0.05, 0.1) is 5.56 Å². The van der Waals surface area contributed by atoms with Gasteiger partial charge < -0.3 is 10.8 Å². The van der Waals surface area contributed by atoms with Gasteiger partial charge >= 0.3 is 0 Å². The zero-order chi connectivity index (χ0) is 16.2. The number of amides is 1. The Balaban J connectivity index is 2.00. The van der Waals surface area contributed by atoms with Crippen LogP contribution in [0.3, 0.4) is 0 Å². The number of phenols is 1. The molecule has 0 saturated heterocycles. The summed E-state index contributed by atoms with van der Waals surface area (Å²) in [5, 5.41) is 13.7. The molecule has 3 rings (SSSR count). The fraction of sp³-hybridized carbons (Fsp3) is 0. The summed E-state index contributed by atoms with van der Waals surface area (Å²) in [6, 6.07) is 15.8. The minimum absolute atomic E-state index is 0.111. The lowest BCUT2D eigenvalue weighted by Crippen LogP contribution is -2.17. The number of aliphatic imine (C=N–C) groups is 1. The number of para-hydroxylation sites is 1. The van der Waals surface area contributed by atoms with E-state index in [0.717, 1.165) is 11.1 Å². The van der Waals surface area contributed by atoms with Crippen molar-refractivity contribution < 1.29 is 9.90 Å². The number of hydrogen-bond donors (Lipinski definition) is 2. The fourth-order valence-electron chi connectivity index (χ4n) is 2.26. The van der Waals surface area contributed by atoms with Gasteiger partial charge in [0.1, 0.15) is 11.6 Å². The van der Waals surface area contributed by atoms with E-state index >= 15 is 0 Å². The van der Waals surface area contributed by atoms with E-state index in [4.69, 9.17) is 5.73 Å². The van der Waals surface area contributed by atoms with Crippen molar-refractivity contribution in [3.63, 3.8) is 0 Å². The molecule has 23 heavy (non-hydrogen) atoms. The average Bonchev–Trinajstić information content (AvgIpc) is 3.09. The van der Waals surface area contributed by atoms with Gasteiger partial charge in [-0.2, -0.15) is 16.3 Å². The van der Waals surface area contributed by atoms with Crippen LogP contribution < -0.4 is 5.73 Å². The van der Waals surface area contributed by atoms with Gasteiger partial charge in [0.15, 0.2) is 0 Å². The van der Waals surface area contributed by atoms with Crippen LogP contribution in [0.2, 0.25) is 0 Å². The van der Waals surface area contributed by atoms with Gasteiger partial charge in [-0.25, -0.2) is 0 Å². The van der Waals surface area contributed by atoms with Crippen LogP contribution in [-0.4, -0.2) is 16.8 Å². The lowest BCUT2D eigenvalue weighted by molar-refractivity contribution is 0.100. The zero-order valence-electron chi connectivity index (χ0n) is 12.1. The van der Waals surface area contributed by atoms with Crippen molar-refractivity contribution in [1.82, 2.24) is 0 Å². The van der Waals surface area contributed by atoms with E-state index in [-0.39, 0.29) is 17.1 Å². The maximum atomic E-state index is 12.2. The topological polar surface area (TPSA) is 75.7 Å². The summed E-state index contributed by atoms with van der Waals surface area (Å²) >= 11 is 1.59. The number of aromatic hydroxyl groups is 1. The maximum absolute atomic E-state index is 12.2. The third-order valence-electron chi connectivity index (χ3n) is 3.39. The van der Waals surface area contributed by atoms with Crippen molar-refractivity contribution in [3.05, 3.63) is 76.5 Å². The molecule has 0 saturated carbocycles. The predicted octanol–water partition coefficient (Wildman–Crippen LogP) is 3.67. The first kappa shape index (κ1) is 15.0. The summed E-state index contributed by atoms with van der Waals surface area (Å²) in [4.78, 5) is 16.2. The Kier molecular flexibility index (Phi) is 4.21. The molecule has 2 aromatic carbocycles. The second kappa shape index (κ2) is 6.46. The van der Waals surface area contributed by atoms with Crippen molar-refractivity contribution in [1.29, 1.82) is 0 Å². The monoisotopic (exact) mass is 322 g/mol. The smallest absolute Gasteiger partial charge is 0.282 e. The van der Waals surface area contributed by atoms with Crippen molar-refractivity contribution in [2.24, 2.45) is 10.7 Å². The summed E-state index contributed by atoms with van der Waals surface area (Å²) < 4.78 is 0. The van der Waals surface area contributed by atoms with Crippen molar-refractivity contribution in [2.45, 2.75) is 0 Å². The number of rotatable bonds is 3. The van der Waals surface area contributed by atoms with Crippen molar-refractivity contribution in [3.8, 4) is 16.9 Å². The molecule has 1 heterocycles. The number of phenolic OH excluding ortho intramolecular Hbond substituents is 1. The van der Waals surface area contributed by atoms with E-state index in [1.165, 1.54) is 12.1 Å². The lowest BCUT2D eigenvalue weighted by atomic mass is 10.0. The summed E-state index contributed by atoms with van der Waals surface area (Å²) in [7, 11) is 0. The van der Waals surface area contributed by atoms with E-state index in [1.807, 2.05) is 41.1 Å². The number of carbonyl (C=O) groups is 1. The molecule has 0 aliphatic carbocycles. The standard InChI is InChI=1S/C18H14N2O2S/c19-17(20-18(22)15-7-3-4-8-16(15)21)14-6-2-1-5-13(14)12-9-10-23-11-12/h1-11,21H,(H2,19,20,22). The number of carbonyl (C=O) groups excluding carboxylic acids is 1. The van der Waals surface area contributed by atoms with Crippen LogP contribution in [0.4, 0.5) is 0 Å². The van der Waals surface area contributed by atoms with Gasteiger partial charge in [0, 0.05) is 5.56 Å². The molecule has 0 fully saturated rings. The van der Waals surface area contributed by atoms with Crippen LogP contribution >= 0.6 is 11.3 Å². The number of amidine groups is 1. The molecule has 0 atom stereocenters. The van der Waals surface area contributed by atoms with Gasteiger partial charge in [0.2, 0.25) is 0 Å². The molecule has 3 N–H and O–H groups in total. The highest BCUT2D eigenvalue weighted by Crippen LogP contribution is 2.26. The fourth-order valence-corrected chi connectivity index (χ4v) is 2.92. The molecule has 0 bridgehead atoms. The van der Waals surface area contributed by atoms with Gasteiger partial charge in [-0.1, -0.05) is 36.4 Å². The molecule has 1 amide bonds. The van der Waals surface area contributed by atoms with Crippen molar-refractivity contribution in [2.75, 3.05) is 0 Å². The normalized spacial score (nSPS) is 11.4. The van der Waals surface area contributed by atoms with Crippen LogP contribution in [-0.2, 0) is 0 Å². The summed E-state index contributed by atoms with van der Waals surface area (Å²) in [5.41, 5.74) is 8.80. The number of benzene rings is 2. The number of nitrogens with zero attached hydrogens (tertiary/aromatic N) is 1. The second-order valence-corrected chi connectivity index (χ2v) is 5.66. The lowest BCUT2D eigenvalue weighted by Gasteiger charge is -2.07. The van der Waals surface area contributed by atoms with Gasteiger partial charge in [-0.05, 0) is 40.1 Å². The highest BCUT2D eigenvalue weighted by atomic mass is 32.1. The SMILES string of the molecule is NC(=NC(=O)c1ccccc1O)c1ccccc1-c1ccsc1. The van der Waals surface area contributed by atoms with E-state index in [0.29, 0.717) is 5.56 Å². The first-order chi connectivity index (χ1) is 11.2. The van der Waals surface area contributed by atoms with Crippen LogP contribution in [0.25, 0.3) is 11.1 Å². The quantitative estimate of drug-likeness (QED) is 0.570. The number of thiophene rings is 1. The molecular weight excluding hydrogens is 308 g/mol. The Morgan fingerprint density at radius 1 is 1.00 bits per heavy atom. The zero-order valence-corrected chi connectivity index (χ0v) is 13.0. The van der Waals surface area contributed by atoms with Crippen LogP contribution in [0.15, 0.2) is 70.3 Å². The highest BCUT2D eigenvalue weighted by molar-refractivity contribution is 7.08. The Labute approximate surface area is 137 Å². The molecule has 0 radical (unpaired) electrons. The molecular formula is C18H14N2O2S. The third-order valence-corrected chi connectivity index (χ3v) is 4.07. The Morgan fingerprint density at radius 3 is 2.39 bits per heavy atom. The minimum atomic E-state index is -0.569. The highest BCUT2D eigenvalue weighted by Gasteiger charge is 2.13. The number of nitrogens with two attached hydrogens (primary N) is 1. The largest absolute Gasteiger partial charge is 0.507 e. The molecule has 0 aliphatic heterocycles. The molecule has 0 unspecified atom stereocenters. The van der Waals surface area contributed by atoms with Crippen LogP contribution in [0, 0.1) is 0 Å². The van der Waals surface area contributed by atoms with Crippen molar-refractivity contribution >= 4 is 23.1 Å². The van der Waals surface area contributed by atoms with E-state index in [9.17, 15) is 9.90 Å². The Morgan fingerprint density at radius 2 is 1.70 bits per heavy atom. The molecule has 0 spiro atoms. The van der Waals surface area contributed by atoms with E-state index < -0.39 is 5.91 Å². The van der Waals surface area contributed by atoms with Gasteiger partial charge in [-0.15, -0.1) is 0 Å². The molecule has 3 aromatic rings. The summed E-state index contributed by atoms with van der Waals surface area (Å²) in [5.74, 6) is -0.555. The average molecular weight is 322 g/mol. The summed E-state index contributed by atoms with van der Waals surface area (Å²) in [6.07, 6.45) is 0. The molecule has 1 aromatic heterocycles. The Hall–Kier alpha value is -2.92. The van der Waals surface area contributed by atoms with E-state index in [1.54, 1.807) is 23.5 Å². The van der Waals surface area contributed by atoms with E-state index in [2.05, 4.69) is 4.99 Å². The van der Waals surface area contributed by atoms with Gasteiger partial charge in [0.25, 0.3) is 5.91 Å². The van der Waals surface area contributed by atoms with Gasteiger partial charge in [-0.3, -0.25) is 4.79 Å². The molecule has 5 heteroatoms. The number of hydrogen-bond acceptors (Lipinski definition) is 3.